The lowest BCUT2D eigenvalue weighted by Gasteiger charge is -2.13. The van der Waals surface area contributed by atoms with Crippen LogP contribution in [0.5, 0.6) is 0 Å². The summed E-state index contributed by atoms with van der Waals surface area (Å²) in [5, 5.41) is 2.77. The molecule has 1 aliphatic heterocycles. The van der Waals surface area contributed by atoms with E-state index >= 15 is 0 Å². The Morgan fingerprint density at radius 2 is 2.22 bits per heavy atom. The van der Waals surface area contributed by atoms with Crippen LogP contribution in [0.15, 0.2) is 42.7 Å². The molecule has 1 fully saturated rings. The van der Waals surface area contributed by atoms with E-state index in [-0.39, 0.29) is 18.3 Å². The highest BCUT2D eigenvalue weighted by Gasteiger charge is 2.16. The molecule has 0 bridgehead atoms. The summed E-state index contributed by atoms with van der Waals surface area (Å²) in [5.41, 5.74) is 1.12. The van der Waals surface area contributed by atoms with Crippen molar-refractivity contribution in [3.05, 3.63) is 48.5 Å². The van der Waals surface area contributed by atoms with E-state index in [2.05, 4.69) is 5.32 Å². The fraction of sp³-hybridized carbons (Fsp3) is 0.353. The molecule has 0 unspecified atom stereocenters. The summed E-state index contributed by atoms with van der Waals surface area (Å²) in [5.74, 6) is -0.253. The summed E-state index contributed by atoms with van der Waals surface area (Å²) in [4.78, 5) is 12.0. The van der Waals surface area contributed by atoms with Gasteiger partial charge in [-0.15, -0.1) is 0 Å². The molecule has 1 atom stereocenters. The second-order valence-electron chi connectivity index (χ2n) is 5.54. The molecule has 5 nitrogen and oxygen atoms in total. The highest BCUT2D eigenvalue weighted by Crippen LogP contribution is 2.21. The van der Waals surface area contributed by atoms with Crippen molar-refractivity contribution in [2.75, 3.05) is 31.7 Å². The van der Waals surface area contributed by atoms with Crippen LogP contribution in [0.1, 0.15) is 6.42 Å². The van der Waals surface area contributed by atoms with Gasteiger partial charge in [-0.2, -0.15) is 0 Å². The van der Waals surface area contributed by atoms with Gasteiger partial charge in [-0.3, -0.25) is 4.79 Å². The topological polar surface area (TPSA) is 52.5 Å². The smallest absolute Gasteiger partial charge is 0.250 e. The van der Waals surface area contributed by atoms with Crippen LogP contribution in [-0.2, 0) is 14.3 Å². The molecule has 1 saturated heterocycles. The van der Waals surface area contributed by atoms with Crippen molar-refractivity contribution >= 4 is 11.6 Å². The van der Waals surface area contributed by atoms with E-state index in [0.717, 1.165) is 13.0 Å². The summed E-state index contributed by atoms with van der Waals surface area (Å²) in [6, 6.07) is 7.92. The van der Waals surface area contributed by atoms with E-state index in [4.69, 9.17) is 9.47 Å². The Kier molecular flexibility index (Phi) is 5.05. The summed E-state index contributed by atoms with van der Waals surface area (Å²) < 4.78 is 25.9. The maximum Gasteiger partial charge on any atom is 0.250 e. The zero-order valence-corrected chi connectivity index (χ0v) is 12.7. The first-order chi connectivity index (χ1) is 11.2. The zero-order valence-electron chi connectivity index (χ0n) is 12.7. The third-order valence-corrected chi connectivity index (χ3v) is 3.73. The Morgan fingerprint density at radius 3 is 2.96 bits per heavy atom. The van der Waals surface area contributed by atoms with Crippen molar-refractivity contribution in [3.63, 3.8) is 0 Å². The largest absolute Gasteiger partial charge is 0.381 e. The molecule has 2 aromatic rings. The first-order valence-electron chi connectivity index (χ1n) is 7.60. The Balaban J connectivity index is 1.59. The first-order valence-corrected chi connectivity index (χ1v) is 7.60. The molecular weight excluding hydrogens is 299 g/mol. The van der Waals surface area contributed by atoms with Crippen LogP contribution < -0.4 is 5.32 Å². The van der Waals surface area contributed by atoms with E-state index in [1.54, 1.807) is 23.0 Å². The molecule has 122 valence electrons. The maximum atomic E-state index is 13.5. The van der Waals surface area contributed by atoms with Gasteiger partial charge < -0.3 is 19.4 Å². The van der Waals surface area contributed by atoms with Gasteiger partial charge in [-0.25, -0.2) is 4.39 Å². The molecule has 1 aromatic heterocycles. The second kappa shape index (κ2) is 7.39. The minimum atomic E-state index is -0.357. The minimum Gasteiger partial charge on any atom is -0.381 e. The Labute approximate surface area is 134 Å². The molecule has 6 heteroatoms. The van der Waals surface area contributed by atoms with Gasteiger partial charge in [0.25, 0.3) is 0 Å². The maximum absolute atomic E-state index is 13.5. The van der Waals surface area contributed by atoms with E-state index < -0.39 is 0 Å². The van der Waals surface area contributed by atoms with Gasteiger partial charge in [0, 0.05) is 24.9 Å². The van der Waals surface area contributed by atoms with Gasteiger partial charge in [0.15, 0.2) is 0 Å². The van der Waals surface area contributed by atoms with Gasteiger partial charge in [0.1, 0.15) is 12.4 Å². The lowest BCUT2D eigenvalue weighted by molar-refractivity contribution is -0.121. The number of carbonyl (C=O) groups is 1. The van der Waals surface area contributed by atoms with Crippen molar-refractivity contribution in [1.29, 1.82) is 0 Å². The van der Waals surface area contributed by atoms with Crippen LogP contribution >= 0.6 is 0 Å². The van der Waals surface area contributed by atoms with Crippen LogP contribution in [0, 0.1) is 11.7 Å². The molecule has 0 saturated carbocycles. The number of rotatable bonds is 6. The molecule has 1 aromatic carbocycles. The fourth-order valence-electron chi connectivity index (χ4n) is 2.54. The summed E-state index contributed by atoms with van der Waals surface area (Å²) >= 11 is 0. The summed E-state index contributed by atoms with van der Waals surface area (Å²) in [6.07, 6.45) is 4.55. The number of aromatic nitrogens is 1. The number of hydrogen-bond acceptors (Lipinski definition) is 3. The fourth-order valence-corrected chi connectivity index (χ4v) is 2.54. The second-order valence-corrected chi connectivity index (χ2v) is 5.54. The average molecular weight is 318 g/mol. The van der Waals surface area contributed by atoms with Crippen molar-refractivity contribution in [2.45, 2.75) is 6.42 Å². The van der Waals surface area contributed by atoms with Crippen LogP contribution in [0.4, 0.5) is 10.1 Å². The minimum absolute atomic E-state index is 0.0288. The van der Waals surface area contributed by atoms with Crippen LogP contribution in [0.3, 0.4) is 0 Å². The molecule has 23 heavy (non-hydrogen) atoms. The number of amides is 1. The molecule has 2 heterocycles. The third-order valence-electron chi connectivity index (χ3n) is 3.73. The lowest BCUT2D eigenvalue weighted by Crippen LogP contribution is -2.21. The van der Waals surface area contributed by atoms with E-state index in [0.29, 0.717) is 30.5 Å². The molecule has 0 radical (unpaired) electrons. The van der Waals surface area contributed by atoms with Gasteiger partial charge in [-0.05, 0) is 36.8 Å². The summed E-state index contributed by atoms with van der Waals surface area (Å²) in [7, 11) is 0. The third kappa shape index (κ3) is 4.18. The molecule has 1 N–H and O–H groups in total. The van der Waals surface area contributed by atoms with Crippen molar-refractivity contribution < 1.29 is 18.7 Å². The highest BCUT2D eigenvalue weighted by molar-refractivity contribution is 5.93. The first kappa shape index (κ1) is 15.7. The van der Waals surface area contributed by atoms with Crippen LogP contribution in [0.25, 0.3) is 5.69 Å². The monoisotopic (exact) mass is 318 g/mol. The molecule has 3 rings (SSSR count). The summed E-state index contributed by atoms with van der Waals surface area (Å²) in [6.45, 7) is 1.94. The van der Waals surface area contributed by atoms with Gasteiger partial charge >= 0.3 is 0 Å². The Hall–Kier alpha value is -2.18. The van der Waals surface area contributed by atoms with Crippen molar-refractivity contribution in [1.82, 2.24) is 4.57 Å². The Bertz CT molecular complexity index is 652. The van der Waals surface area contributed by atoms with E-state index in [1.165, 1.54) is 12.1 Å². The van der Waals surface area contributed by atoms with Gasteiger partial charge in [-0.1, -0.05) is 0 Å². The number of benzene rings is 1. The van der Waals surface area contributed by atoms with Crippen molar-refractivity contribution in [3.8, 4) is 5.69 Å². The predicted octanol–water partition coefficient (Wildman–Crippen LogP) is 2.61. The quantitative estimate of drug-likeness (QED) is 0.891. The predicted molar refractivity (Wildman–Crippen MR) is 84.1 cm³/mol. The number of hydrogen-bond donors (Lipinski definition) is 1. The lowest BCUT2D eigenvalue weighted by atomic mass is 10.1. The number of carbonyl (C=O) groups excluding carboxylic acids is 1. The van der Waals surface area contributed by atoms with Crippen molar-refractivity contribution in [2.24, 2.45) is 5.92 Å². The standard InChI is InChI=1S/C17H19FN2O3/c18-14-3-4-15(16(9-14)20-6-1-2-7-20)19-17(21)12-23-11-13-5-8-22-10-13/h1-4,6-7,9,13H,5,8,10-12H2,(H,19,21)/t13-/m0/s1. The van der Waals surface area contributed by atoms with Gasteiger partial charge in [0.05, 0.1) is 24.6 Å². The molecule has 1 aliphatic rings. The number of nitrogens with one attached hydrogen (secondary N) is 1. The highest BCUT2D eigenvalue weighted by atomic mass is 19.1. The normalized spacial score (nSPS) is 17.3. The molecule has 0 aliphatic carbocycles. The average Bonchev–Trinajstić information content (AvgIpc) is 3.22. The van der Waals surface area contributed by atoms with Crippen LogP contribution in [-0.4, -0.2) is 36.9 Å². The molecular formula is C17H19FN2O3. The molecule has 0 spiro atoms. The van der Waals surface area contributed by atoms with E-state index in [1.807, 2.05) is 12.1 Å². The van der Waals surface area contributed by atoms with Crippen LogP contribution in [0.2, 0.25) is 0 Å². The number of nitrogens with zero attached hydrogens (tertiary/aromatic N) is 1. The number of anilines is 1. The molecule has 1 amide bonds. The van der Waals surface area contributed by atoms with E-state index in [9.17, 15) is 9.18 Å². The SMILES string of the molecule is O=C(COC[C@H]1CCOC1)Nc1ccc(F)cc1-n1cccc1. The van der Waals surface area contributed by atoms with Gasteiger partial charge in [0.2, 0.25) is 5.91 Å². The Morgan fingerprint density at radius 1 is 1.39 bits per heavy atom. The zero-order chi connectivity index (χ0) is 16.1. The number of ether oxygens (including phenoxy) is 2. The number of halogens is 1.